The molecule has 1 heteroatoms. The lowest BCUT2D eigenvalue weighted by Gasteiger charge is -2.24. The lowest BCUT2D eigenvalue weighted by Crippen LogP contribution is -2.25. The van der Waals surface area contributed by atoms with Crippen LogP contribution in [0.1, 0.15) is 29.5 Å². The molecule has 5 rings (SSSR count). The van der Waals surface area contributed by atoms with E-state index in [0.717, 1.165) is 11.1 Å². The van der Waals surface area contributed by atoms with Gasteiger partial charge in [-0.25, -0.2) is 0 Å². The topological polar surface area (TPSA) is 20.2 Å². The van der Waals surface area contributed by atoms with E-state index in [2.05, 4.69) is 73.4 Å². The van der Waals surface area contributed by atoms with Gasteiger partial charge in [-0.2, -0.15) is 0 Å². The summed E-state index contributed by atoms with van der Waals surface area (Å²) < 4.78 is 0. The van der Waals surface area contributed by atoms with Crippen molar-refractivity contribution in [1.82, 2.24) is 0 Å². The van der Waals surface area contributed by atoms with Crippen LogP contribution in [0.3, 0.4) is 0 Å². The summed E-state index contributed by atoms with van der Waals surface area (Å²) >= 11 is 0. The fourth-order valence-electron chi connectivity index (χ4n) is 4.47. The molecule has 0 aromatic heterocycles. The third-order valence-electron chi connectivity index (χ3n) is 6.10. The van der Waals surface area contributed by atoms with Gasteiger partial charge in [0.25, 0.3) is 0 Å². The van der Waals surface area contributed by atoms with E-state index in [4.69, 9.17) is 0 Å². The molecule has 0 aliphatic carbocycles. The second-order valence-electron chi connectivity index (χ2n) is 8.17. The molecule has 1 unspecified atom stereocenters. The lowest BCUT2D eigenvalue weighted by atomic mass is 9.85. The minimum atomic E-state index is -1.38. The second kappa shape index (κ2) is 8.35. The van der Waals surface area contributed by atoms with Gasteiger partial charge < -0.3 is 5.11 Å². The van der Waals surface area contributed by atoms with E-state index in [0.29, 0.717) is 0 Å². The monoisotopic (exact) mass is 412 g/mol. The van der Waals surface area contributed by atoms with E-state index in [9.17, 15) is 5.11 Å². The van der Waals surface area contributed by atoms with E-state index in [-0.39, 0.29) is 5.92 Å². The molecule has 154 valence electrons. The highest BCUT2D eigenvalue weighted by Gasteiger charge is 2.29. The van der Waals surface area contributed by atoms with Crippen molar-refractivity contribution in [1.29, 1.82) is 0 Å². The Bertz CT molecular complexity index is 1350. The average Bonchev–Trinajstić information content (AvgIpc) is 2.86. The Balaban J connectivity index is 1.69. The van der Waals surface area contributed by atoms with Gasteiger partial charge in [0.1, 0.15) is 0 Å². The SMILES string of the molecule is CC(C#CC(O)(c1ccccc1)c1ccccc1)c1c2ccccc2cc2ccccc12. The summed E-state index contributed by atoms with van der Waals surface area (Å²) in [7, 11) is 0. The summed E-state index contributed by atoms with van der Waals surface area (Å²) in [6, 6.07) is 38.5. The zero-order valence-electron chi connectivity index (χ0n) is 18.0. The van der Waals surface area contributed by atoms with Crippen molar-refractivity contribution < 1.29 is 5.11 Å². The van der Waals surface area contributed by atoms with Crippen LogP contribution in [0.5, 0.6) is 0 Å². The number of hydrogen-bond acceptors (Lipinski definition) is 1. The number of rotatable bonds is 3. The first-order chi connectivity index (χ1) is 15.7. The van der Waals surface area contributed by atoms with E-state index < -0.39 is 5.60 Å². The first-order valence-corrected chi connectivity index (χ1v) is 10.9. The maximum atomic E-state index is 11.8. The predicted molar refractivity (Wildman–Crippen MR) is 134 cm³/mol. The fraction of sp³-hybridized carbons (Fsp3) is 0.0968. The van der Waals surface area contributed by atoms with Crippen LogP contribution in [-0.2, 0) is 5.60 Å². The van der Waals surface area contributed by atoms with Gasteiger partial charge in [0, 0.05) is 17.0 Å². The van der Waals surface area contributed by atoms with Gasteiger partial charge in [0.2, 0.25) is 0 Å². The molecular weight excluding hydrogens is 388 g/mol. The van der Waals surface area contributed by atoms with Crippen LogP contribution in [0.2, 0.25) is 0 Å². The van der Waals surface area contributed by atoms with Crippen LogP contribution in [0.15, 0.2) is 115 Å². The van der Waals surface area contributed by atoms with Crippen molar-refractivity contribution >= 4 is 21.5 Å². The molecule has 5 aromatic carbocycles. The van der Waals surface area contributed by atoms with Crippen molar-refractivity contribution in [2.75, 3.05) is 0 Å². The highest BCUT2D eigenvalue weighted by Crippen LogP contribution is 2.34. The van der Waals surface area contributed by atoms with E-state index in [1.54, 1.807) is 0 Å². The molecule has 5 aromatic rings. The Hall–Kier alpha value is -3.86. The maximum Gasteiger partial charge on any atom is 0.176 e. The highest BCUT2D eigenvalue weighted by atomic mass is 16.3. The second-order valence-corrected chi connectivity index (χ2v) is 8.17. The summed E-state index contributed by atoms with van der Waals surface area (Å²) in [5, 5.41) is 16.6. The Kier molecular flexibility index (Phi) is 5.23. The van der Waals surface area contributed by atoms with Crippen molar-refractivity contribution in [2.45, 2.75) is 18.4 Å². The molecule has 0 radical (unpaired) electrons. The van der Waals surface area contributed by atoms with Crippen molar-refractivity contribution in [3.8, 4) is 11.8 Å². The minimum absolute atomic E-state index is 0.0649. The molecule has 0 fully saturated rings. The van der Waals surface area contributed by atoms with Crippen LogP contribution in [0.4, 0.5) is 0 Å². The van der Waals surface area contributed by atoms with Gasteiger partial charge in [-0.3, -0.25) is 0 Å². The largest absolute Gasteiger partial charge is 0.369 e. The van der Waals surface area contributed by atoms with Crippen molar-refractivity contribution in [2.24, 2.45) is 0 Å². The zero-order valence-corrected chi connectivity index (χ0v) is 18.0. The van der Waals surface area contributed by atoms with E-state index >= 15 is 0 Å². The molecule has 0 aliphatic heterocycles. The van der Waals surface area contributed by atoms with Gasteiger partial charge >= 0.3 is 0 Å². The fourth-order valence-corrected chi connectivity index (χ4v) is 4.47. The quantitative estimate of drug-likeness (QED) is 0.249. The van der Waals surface area contributed by atoms with Crippen molar-refractivity contribution in [3.05, 3.63) is 132 Å². The van der Waals surface area contributed by atoms with Crippen molar-refractivity contribution in [3.63, 3.8) is 0 Å². The first kappa shape index (κ1) is 20.1. The molecule has 0 saturated carbocycles. The third kappa shape index (κ3) is 3.56. The summed E-state index contributed by atoms with van der Waals surface area (Å²) in [6.45, 7) is 2.12. The normalized spacial score (nSPS) is 12.3. The van der Waals surface area contributed by atoms with Crippen LogP contribution in [-0.4, -0.2) is 5.11 Å². The van der Waals surface area contributed by atoms with Gasteiger partial charge in [-0.05, 0) is 40.1 Å². The number of fused-ring (bicyclic) bond motifs is 2. The maximum absolute atomic E-state index is 11.8. The molecule has 1 nitrogen and oxygen atoms in total. The Labute approximate surface area is 189 Å². The van der Waals surface area contributed by atoms with Gasteiger partial charge in [-0.15, -0.1) is 0 Å². The number of benzene rings is 5. The Morgan fingerprint density at radius 3 is 1.56 bits per heavy atom. The van der Waals surface area contributed by atoms with Gasteiger partial charge in [0.05, 0.1) is 0 Å². The van der Waals surface area contributed by atoms with Crippen LogP contribution in [0.25, 0.3) is 21.5 Å². The number of hydrogen-bond donors (Lipinski definition) is 1. The molecule has 32 heavy (non-hydrogen) atoms. The molecule has 0 amide bonds. The minimum Gasteiger partial charge on any atom is -0.369 e. The van der Waals surface area contributed by atoms with E-state index in [1.807, 2.05) is 60.7 Å². The summed E-state index contributed by atoms with van der Waals surface area (Å²) in [6.07, 6.45) is 0. The number of aliphatic hydroxyl groups is 1. The summed E-state index contributed by atoms with van der Waals surface area (Å²) in [5.74, 6) is 6.62. The van der Waals surface area contributed by atoms with Crippen LogP contribution in [0, 0.1) is 11.8 Å². The molecular formula is C31H24O. The molecule has 1 N–H and O–H groups in total. The van der Waals surface area contributed by atoms with Gasteiger partial charge in [-0.1, -0.05) is 121 Å². The van der Waals surface area contributed by atoms with Crippen LogP contribution < -0.4 is 0 Å². The molecule has 0 bridgehead atoms. The standard InChI is InChI=1S/C31H24O/c1-23(30-28-18-10-8-12-24(28)22-25-13-9-11-19-29(25)30)20-21-31(32,26-14-4-2-5-15-26)27-16-6-3-7-17-27/h2-19,22-23,32H,1H3. The lowest BCUT2D eigenvalue weighted by molar-refractivity contribution is 0.145. The highest BCUT2D eigenvalue weighted by molar-refractivity contribution is 6.03. The van der Waals surface area contributed by atoms with Crippen LogP contribution >= 0.6 is 0 Å². The Morgan fingerprint density at radius 1 is 0.625 bits per heavy atom. The van der Waals surface area contributed by atoms with E-state index in [1.165, 1.54) is 27.1 Å². The zero-order chi connectivity index (χ0) is 22.0. The third-order valence-corrected chi connectivity index (χ3v) is 6.10. The summed E-state index contributed by atoms with van der Waals surface area (Å²) in [4.78, 5) is 0. The van der Waals surface area contributed by atoms with Gasteiger partial charge in [0.15, 0.2) is 5.60 Å². The first-order valence-electron chi connectivity index (χ1n) is 10.9. The molecule has 0 spiro atoms. The molecule has 0 aliphatic rings. The average molecular weight is 413 g/mol. The Morgan fingerprint density at radius 2 is 1.06 bits per heavy atom. The predicted octanol–water partition coefficient (Wildman–Crippen LogP) is 7.04. The molecule has 1 atom stereocenters. The smallest absolute Gasteiger partial charge is 0.176 e. The summed E-state index contributed by atoms with van der Waals surface area (Å²) in [5.41, 5.74) is 1.37. The molecule has 0 heterocycles. The molecule has 0 saturated heterocycles.